The second-order valence-electron chi connectivity index (χ2n) is 4.02. The second-order valence-corrected chi connectivity index (χ2v) is 7.48. The van der Waals surface area contributed by atoms with E-state index in [9.17, 15) is 4.79 Å². The molecular weight excluding hydrogens is 208 g/mol. The molecule has 0 N–H and O–H groups in total. The predicted molar refractivity (Wildman–Crippen MR) is 64.2 cm³/mol. The van der Waals surface area contributed by atoms with E-state index in [1.54, 1.807) is 7.11 Å². The van der Waals surface area contributed by atoms with E-state index in [1.165, 1.54) is 0 Å². The minimum absolute atomic E-state index is 0.185. The van der Waals surface area contributed by atoms with E-state index in [-0.39, 0.29) is 12.4 Å². The fraction of sp³-hybridized carbons (Fsp3) is 0.909. The SMILES string of the molecule is CCCC[Si](C)(OC)OCC(=O)CCC. The van der Waals surface area contributed by atoms with Crippen molar-refractivity contribution in [3.8, 4) is 0 Å². The van der Waals surface area contributed by atoms with Crippen molar-refractivity contribution in [1.82, 2.24) is 0 Å². The van der Waals surface area contributed by atoms with Crippen LogP contribution in [0.4, 0.5) is 0 Å². The molecule has 90 valence electrons. The summed E-state index contributed by atoms with van der Waals surface area (Å²) >= 11 is 0. The Bertz CT molecular complexity index is 185. The Hall–Kier alpha value is -0.193. The van der Waals surface area contributed by atoms with Gasteiger partial charge in [0.2, 0.25) is 0 Å². The Balaban J connectivity index is 3.91. The summed E-state index contributed by atoms with van der Waals surface area (Å²) in [5.41, 5.74) is 0. The lowest BCUT2D eigenvalue weighted by Crippen LogP contribution is -2.39. The van der Waals surface area contributed by atoms with Gasteiger partial charge in [0.25, 0.3) is 0 Å². The summed E-state index contributed by atoms with van der Waals surface area (Å²) in [6.45, 7) is 6.41. The highest BCUT2D eigenvalue weighted by Crippen LogP contribution is 2.16. The van der Waals surface area contributed by atoms with Crippen molar-refractivity contribution in [3.05, 3.63) is 0 Å². The van der Waals surface area contributed by atoms with Gasteiger partial charge < -0.3 is 8.85 Å². The fourth-order valence-electron chi connectivity index (χ4n) is 1.32. The van der Waals surface area contributed by atoms with Crippen LogP contribution >= 0.6 is 0 Å². The normalized spacial score (nSPS) is 14.9. The third kappa shape index (κ3) is 6.81. The Morgan fingerprint density at radius 1 is 1.27 bits per heavy atom. The molecule has 0 aliphatic carbocycles. The molecule has 1 atom stereocenters. The van der Waals surface area contributed by atoms with Crippen molar-refractivity contribution in [2.75, 3.05) is 13.7 Å². The largest absolute Gasteiger partial charge is 0.398 e. The monoisotopic (exact) mass is 232 g/mol. The summed E-state index contributed by atoms with van der Waals surface area (Å²) in [6, 6.07) is 0.972. The lowest BCUT2D eigenvalue weighted by atomic mass is 10.2. The number of rotatable bonds is 9. The highest BCUT2D eigenvalue weighted by atomic mass is 28.4. The highest BCUT2D eigenvalue weighted by Gasteiger charge is 2.29. The maximum Gasteiger partial charge on any atom is 0.335 e. The van der Waals surface area contributed by atoms with Crippen molar-refractivity contribution >= 4 is 14.3 Å². The molecule has 0 aromatic heterocycles. The predicted octanol–water partition coefficient (Wildman–Crippen LogP) is 2.89. The quantitative estimate of drug-likeness (QED) is 0.573. The summed E-state index contributed by atoms with van der Waals surface area (Å²) in [7, 11) is -0.370. The number of unbranched alkanes of at least 4 members (excludes halogenated alkanes) is 1. The van der Waals surface area contributed by atoms with Gasteiger partial charge in [-0.3, -0.25) is 4.79 Å². The van der Waals surface area contributed by atoms with Gasteiger partial charge in [-0.15, -0.1) is 0 Å². The molecule has 0 saturated carbocycles. The van der Waals surface area contributed by atoms with Gasteiger partial charge >= 0.3 is 8.56 Å². The van der Waals surface area contributed by atoms with Gasteiger partial charge in [-0.05, 0) is 19.0 Å². The van der Waals surface area contributed by atoms with E-state index in [2.05, 4.69) is 6.92 Å². The van der Waals surface area contributed by atoms with Crippen molar-refractivity contribution in [1.29, 1.82) is 0 Å². The third-order valence-corrected chi connectivity index (χ3v) is 5.36. The second kappa shape index (κ2) is 8.02. The van der Waals surface area contributed by atoms with Gasteiger partial charge in [0.1, 0.15) is 0 Å². The van der Waals surface area contributed by atoms with Crippen LogP contribution in [0, 0.1) is 0 Å². The molecule has 1 unspecified atom stereocenters. The van der Waals surface area contributed by atoms with Gasteiger partial charge in [0, 0.05) is 13.5 Å². The molecule has 0 rings (SSSR count). The topological polar surface area (TPSA) is 35.5 Å². The van der Waals surface area contributed by atoms with Crippen molar-refractivity contribution in [2.45, 2.75) is 52.1 Å². The van der Waals surface area contributed by atoms with Crippen molar-refractivity contribution in [3.63, 3.8) is 0 Å². The minimum atomic E-state index is -2.06. The Kier molecular flexibility index (Phi) is 7.91. The summed E-state index contributed by atoms with van der Waals surface area (Å²) in [6.07, 6.45) is 3.75. The van der Waals surface area contributed by atoms with Gasteiger partial charge in [-0.25, -0.2) is 0 Å². The van der Waals surface area contributed by atoms with E-state index in [0.29, 0.717) is 6.42 Å². The van der Waals surface area contributed by atoms with E-state index in [4.69, 9.17) is 8.85 Å². The number of hydrogen-bond donors (Lipinski definition) is 0. The van der Waals surface area contributed by atoms with Crippen LogP contribution in [0.1, 0.15) is 39.5 Å². The van der Waals surface area contributed by atoms with Crippen LogP contribution in [0.25, 0.3) is 0 Å². The first-order valence-electron chi connectivity index (χ1n) is 5.78. The lowest BCUT2D eigenvalue weighted by molar-refractivity contribution is -0.121. The standard InChI is InChI=1S/C11H24O3Si/c1-5-7-9-15(4,13-3)14-10-11(12)8-6-2/h5-10H2,1-4H3. The minimum Gasteiger partial charge on any atom is -0.398 e. The van der Waals surface area contributed by atoms with Crippen LogP contribution in [-0.4, -0.2) is 28.1 Å². The Morgan fingerprint density at radius 3 is 2.40 bits per heavy atom. The molecule has 0 aliphatic rings. The first-order chi connectivity index (χ1) is 7.08. The van der Waals surface area contributed by atoms with Crippen LogP contribution in [0.5, 0.6) is 0 Å². The van der Waals surface area contributed by atoms with Crippen LogP contribution < -0.4 is 0 Å². The zero-order valence-corrected chi connectivity index (χ0v) is 11.5. The van der Waals surface area contributed by atoms with Crippen molar-refractivity contribution in [2.24, 2.45) is 0 Å². The lowest BCUT2D eigenvalue weighted by Gasteiger charge is -2.24. The average Bonchev–Trinajstić information content (AvgIpc) is 2.24. The molecule has 15 heavy (non-hydrogen) atoms. The third-order valence-electron chi connectivity index (χ3n) is 2.48. The molecule has 0 aromatic rings. The number of carbonyl (C=O) groups is 1. The molecule has 0 radical (unpaired) electrons. The molecule has 0 fully saturated rings. The van der Waals surface area contributed by atoms with Crippen LogP contribution in [0.2, 0.25) is 12.6 Å². The molecule has 0 amide bonds. The van der Waals surface area contributed by atoms with Gasteiger partial charge in [0.15, 0.2) is 5.78 Å². The molecule has 0 aliphatic heterocycles. The summed E-state index contributed by atoms with van der Waals surface area (Å²) in [4.78, 5) is 11.3. The smallest absolute Gasteiger partial charge is 0.335 e. The maximum absolute atomic E-state index is 11.3. The molecule has 0 bridgehead atoms. The van der Waals surface area contributed by atoms with Gasteiger partial charge in [-0.1, -0.05) is 26.7 Å². The maximum atomic E-state index is 11.3. The molecule has 0 heterocycles. The van der Waals surface area contributed by atoms with Crippen LogP contribution in [-0.2, 0) is 13.6 Å². The molecule has 0 spiro atoms. The fourth-order valence-corrected chi connectivity index (χ4v) is 3.24. The molecule has 4 heteroatoms. The number of Topliss-reactive ketones (excluding diaryl/α,β-unsaturated/α-hetero) is 1. The van der Waals surface area contributed by atoms with E-state index < -0.39 is 8.56 Å². The summed E-state index contributed by atoms with van der Waals surface area (Å²) in [5, 5.41) is 0. The summed E-state index contributed by atoms with van der Waals surface area (Å²) < 4.78 is 11.1. The first kappa shape index (κ1) is 14.8. The first-order valence-corrected chi connectivity index (χ1v) is 8.31. The van der Waals surface area contributed by atoms with Gasteiger partial charge in [0.05, 0.1) is 6.61 Å². The molecular formula is C11H24O3Si. The highest BCUT2D eigenvalue weighted by molar-refractivity contribution is 6.66. The van der Waals surface area contributed by atoms with Gasteiger partial charge in [-0.2, -0.15) is 0 Å². The Morgan fingerprint density at radius 2 is 1.93 bits per heavy atom. The number of carbonyl (C=O) groups excluding carboxylic acids is 1. The molecule has 3 nitrogen and oxygen atoms in total. The molecule has 0 aromatic carbocycles. The van der Waals surface area contributed by atoms with Crippen molar-refractivity contribution < 1.29 is 13.6 Å². The summed E-state index contributed by atoms with van der Waals surface area (Å²) in [5.74, 6) is 0.185. The zero-order valence-electron chi connectivity index (χ0n) is 10.5. The molecule has 0 saturated heterocycles. The van der Waals surface area contributed by atoms with E-state index >= 15 is 0 Å². The van der Waals surface area contributed by atoms with Crippen LogP contribution in [0.3, 0.4) is 0 Å². The Labute approximate surface area is 94.4 Å². The number of ketones is 1. The average molecular weight is 232 g/mol. The number of hydrogen-bond acceptors (Lipinski definition) is 3. The van der Waals surface area contributed by atoms with Crippen LogP contribution in [0.15, 0.2) is 0 Å². The van der Waals surface area contributed by atoms with E-state index in [0.717, 1.165) is 25.3 Å². The zero-order chi connectivity index (χ0) is 11.7. The van der Waals surface area contributed by atoms with E-state index in [1.807, 2.05) is 13.5 Å².